The van der Waals surface area contributed by atoms with Crippen LogP contribution in [-0.4, -0.2) is 27.6 Å². The molecule has 0 radical (unpaired) electrons. The molecular weight excluding hydrogens is 504 g/mol. The van der Waals surface area contributed by atoms with Gasteiger partial charge in [0, 0.05) is 22.5 Å². The number of halogens is 4. The molecule has 0 saturated heterocycles. The number of aromatic nitrogens is 3. The summed E-state index contributed by atoms with van der Waals surface area (Å²) in [5, 5.41) is 7.08. The first kappa shape index (κ1) is 24.9. The summed E-state index contributed by atoms with van der Waals surface area (Å²) in [6.45, 7) is 1.99. The summed E-state index contributed by atoms with van der Waals surface area (Å²) in [7, 11) is 1.54. The molecule has 3 heterocycles. The minimum atomic E-state index is -5.17. The van der Waals surface area contributed by atoms with E-state index in [-0.39, 0.29) is 22.1 Å². The number of carbonyl (C=O) groups excluding carboxylic acids is 1. The lowest BCUT2D eigenvalue weighted by Crippen LogP contribution is -2.36. The van der Waals surface area contributed by atoms with E-state index in [2.05, 4.69) is 25.9 Å². The van der Waals surface area contributed by atoms with Gasteiger partial charge in [-0.1, -0.05) is 0 Å². The second-order valence-electron chi connectivity index (χ2n) is 7.59. The van der Waals surface area contributed by atoms with Gasteiger partial charge in [-0.25, -0.2) is 23.5 Å². The van der Waals surface area contributed by atoms with Gasteiger partial charge in [-0.15, -0.1) is 11.3 Å². The van der Waals surface area contributed by atoms with Crippen molar-refractivity contribution in [3.8, 4) is 5.69 Å². The molecule has 0 unspecified atom stereocenters. The van der Waals surface area contributed by atoms with Crippen LogP contribution in [0.15, 0.2) is 46.0 Å². The summed E-state index contributed by atoms with van der Waals surface area (Å²) in [6.07, 6.45) is -5.17. The summed E-state index contributed by atoms with van der Waals surface area (Å²) in [4.78, 5) is 45.7. The molecule has 0 aliphatic carbocycles. The minimum absolute atomic E-state index is 0.0597. The number of hydrogen-bond acceptors (Lipinski definition) is 6. The standard InChI is InChI=1S/C22H18F4N6O3S/c1-10-3-4-12(36-10)9-28-20(34)29-11-7-14(22(24,25)26)17(15(23)8-11)32-19(33)13-5-6-16(27-2)30-18(13)31-21(32)35/h3-8H,9H2,1-2H3,(H2,28,29,34)(H2,27,30,31,35). The maximum absolute atomic E-state index is 15.1. The Balaban J connectivity index is 1.75. The number of aryl methyl sites for hydroxylation is 1. The smallest absolute Gasteiger partial charge is 0.373 e. The van der Waals surface area contributed by atoms with Gasteiger partial charge in [-0.3, -0.25) is 9.78 Å². The normalized spacial score (nSPS) is 11.5. The zero-order chi connectivity index (χ0) is 26.2. The van der Waals surface area contributed by atoms with E-state index in [0.717, 1.165) is 9.75 Å². The van der Waals surface area contributed by atoms with Crippen molar-refractivity contribution in [2.45, 2.75) is 19.6 Å². The molecule has 0 fully saturated rings. The zero-order valence-electron chi connectivity index (χ0n) is 18.7. The number of aromatic amines is 1. The van der Waals surface area contributed by atoms with Gasteiger partial charge in [0.05, 0.1) is 17.5 Å². The summed E-state index contributed by atoms with van der Waals surface area (Å²) >= 11 is 1.43. The molecular formula is C22H18F4N6O3S. The summed E-state index contributed by atoms with van der Waals surface area (Å²) in [5.41, 5.74) is -6.14. The van der Waals surface area contributed by atoms with Crippen LogP contribution in [0.2, 0.25) is 0 Å². The summed E-state index contributed by atoms with van der Waals surface area (Å²) < 4.78 is 57.0. The van der Waals surface area contributed by atoms with Crippen molar-refractivity contribution in [2.24, 2.45) is 0 Å². The van der Waals surface area contributed by atoms with E-state index in [1.807, 2.05) is 13.0 Å². The monoisotopic (exact) mass is 522 g/mol. The van der Waals surface area contributed by atoms with Gasteiger partial charge in [0.2, 0.25) is 0 Å². The van der Waals surface area contributed by atoms with E-state index in [0.29, 0.717) is 18.0 Å². The Bertz CT molecular complexity index is 1590. The Kier molecular flexibility index (Phi) is 6.54. The van der Waals surface area contributed by atoms with Crippen molar-refractivity contribution in [3.63, 3.8) is 0 Å². The molecule has 4 N–H and O–H groups in total. The molecule has 9 nitrogen and oxygen atoms in total. The molecule has 0 aliphatic heterocycles. The maximum Gasteiger partial charge on any atom is 0.418 e. The Morgan fingerprint density at radius 2 is 1.92 bits per heavy atom. The topological polar surface area (TPSA) is 121 Å². The van der Waals surface area contributed by atoms with E-state index in [1.54, 1.807) is 6.07 Å². The molecule has 4 rings (SSSR count). The lowest BCUT2D eigenvalue weighted by molar-refractivity contribution is -0.137. The quantitative estimate of drug-likeness (QED) is 0.296. The highest BCUT2D eigenvalue weighted by atomic mass is 32.1. The molecule has 188 valence electrons. The van der Waals surface area contributed by atoms with Crippen molar-refractivity contribution in [2.75, 3.05) is 17.7 Å². The van der Waals surface area contributed by atoms with Crippen LogP contribution in [0.5, 0.6) is 0 Å². The SMILES string of the molecule is CNc1ccc2c(=O)n(-c3c(F)cc(NC(=O)NCc4ccc(C)s4)cc3C(F)(F)F)c(=O)[nH]c2n1. The number of carbonyl (C=O) groups is 1. The number of alkyl halides is 3. The molecule has 0 spiro atoms. The highest BCUT2D eigenvalue weighted by molar-refractivity contribution is 7.11. The van der Waals surface area contributed by atoms with Gasteiger partial charge in [-0.05, 0) is 43.3 Å². The van der Waals surface area contributed by atoms with Crippen LogP contribution in [-0.2, 0) is 12.7 Å². The van der Waals surface area contributed by atoms with E-state index >= 15 is 4.39 Å². The van der Waals surface area contributed by atoms with E-state index < -0.39 is 46.2 Å². The average molecular weight is 522 g/mol. The van der Waals surface area contributed by atoms with Crippen molar-refractivity contribution in [1.82, 2.24) is 19.9 Å². The number of fused-ring (bicyclic) bond motifs is 1. The van der Waals surface area contributed by atoms with E-state index in [1.165, 1.54) is 30.5 Å². The van der Waals surface area contributed by atoms with Gasteiger partial charge in [0.15, 0.2) is 0 Å². The Labute approximate surface area is 203 Å². The number of benzene rings is 1. The van der Waals surface area contributed by atoms with Gasteiger partial charge in [0.25, 0.3) is 5.56 Å². The number of hydrogen-bond donors (Lipinski definition) is 4. The third kappa shape index (κ3) is 4.93. The number of nitrogens with zero attached hydrogens (tertiary/aromatic N) is 2. The second-order valence-corrected chi connectivity index (χ2v) is 8.96. The lowest BCUT2D eigenvalue weighted by atomic mass is 10.1. The largest absolute Gasteiger partial charge is 0.418 e. The molecule has 2 amide bonds. The number of thiophene rings is 1. The third-order valence-electron chi connectivity index (χ3n) is 5.08. The molecule has 36 heavy (non-hydrogen) atoms. The van der Waals surface area contributed by atoms with Crippen LogP contribution >= 0.6 is 11.3 Å². The van der Waals surface area contributed by atoms with Gasteiger partial charge in [0.1, 0.15) is 23.0 Å². The fourth-order valence-corrected chi connectivity index (χ4v) is 4.31. The van der Waals surface area contributed by atoms with Crippen molar-refractivity contribution in [1.29, 1.82) is 0 Å². The fourth-order valence-electron chi connectivity index (χ4n) is 3.48. The highest BCUT2D eigenvalue weighted by Gasteiger charge is 2.37. The van der Waals surface area contributed by atoms with Crippen LogP contribution in [0.1, 0.15) is 15.3 Å². The van der Waals surface area contributed by atoms with Gasteiger partial charge >= 0.3 is 17.9 Å². The summed E-state index contributed by atoms with van der Waals surface area (Å²) in [5.74, 6) is -1.25. The van der Waals surface area contributed by atoms with Crippen molar-refractivity contribution in [3.05, 3.63) is 78.4 Å². The molecule has 14 heteroatoms. The molecule has 0 atom stereocenters. The molecule has 3 aromatic heterocycles. The molecule has 0 aliphatic rings. The van der Waals surface area contributed by atoms with Crippen LogP contribution in [0.4, 0.5) is 33.9 Å². The second kappa shape index (κ2) is 9.45. The Hall–Kier alpha value is -4.20. The first-order valence-electron chi connectivity index (χ1n) is 10.3. The zero-order valence-corrected chi connectivity index (χ0v) is 19.5. The number of H-pyrrole nitrogens is 1. The fraction of sp³-hybridized carbons (Fsp3) is 0.182. The number of nitrogens with one attached hydrogen (secondary N) is 4. The first-order valence-corrected chi connectivity index (χ1v) is 11.1. The summed E-state index contributed by atoms with van der Waals surface area (Å²) in [6, 6.07) is 6.41. The number of amides is 2. The molecule has 4 aromatic rings. The Morgan fingerprint density at radius 3 is 2.56 bits per heavy atom. The average Bonchev–Trinajstić information content (AvgIpc) is 3.22. The third-order valence-corrected chi connectivity index (χ3v) is 6.08. The predicted octanol–water partition coefficient (Wildman–Crippen LogP) is 3.97. The van der Waals surface area contributed by atoms with E-state index in [9.17, 15) is 27.6 Å². The number of urea groups is 1. The first-order chi connectivity index (χ1) is 17.0. The van der Waals surface area contributed by atoms with Crippen LogP contribution in [0.3, 0.4) is 0 Å². The molecule has 1 aromatic carbocycles. The molecule has 0 saturated carbocycles. The highest BCUT2D eigenvalue weighted by Crippen LogP contribution is 2.36. The number of anilines is 2. The Morgan fingerprint density at radius 1 is 1.17 bits per heavy atom. The maximum atomic E-state index is 15.1. The minimum Gasteiger partial charge on any atom is -0.373 e. The van der Waals surface area contributed by atoms with Crippen LogP contribution in [0, 0.1) is 12.7 Å². The number of rotatable bonds is 5. The van der Waals surface area contributed by atoms with Gasteiger partial charge < -0.3 is 16.0 Å². The molecule has 0 bridgehead atoms. The lowest BCUT2D eigenvalue weighted by Gasteiger charge is -2.17. The van der Waals surface area contributed by atoms with Crippen LogP contribution < -0.4 is 27.2 Å². The van der Waals surface area contributed by atoms with Crippen LogP contribution in [0.25, 0.3) is 16.7 Å². The van der Waals surface area contributed by atoms with Crippen molar-refractivity contribution < 1.29 is 22.4 Å². The van der Waals surface area contributed by atoms with Gasteiger partial charge in [-0.2, -0.15) is 13.2 Å². The van der Waals surface area contributed by atoms with E-state index in [4.69, 9.17) is 0 Å². The predicted molar refractivity (Wildman–Crippen MR) is 127 cm³/mol. The number of pyridine rings is 1. The van der Waals surface area contributed by atoms with Crippen molar-refractivity contribution >= 4 is 39.9 Å².